The van der Waals surface area contributed by atoms with Crippen LogP contribution in [0.1, 0.15) is 10.5 Å². The fourth-order valence-corrected chi connectivity index (χ4v) is 1.68. The lowest BCUT2D eigenvalue weighted by Crippen LogP contribution is -2.36. The molecule has 2 rings (SSSR count). The number of hydrogen-bond donors (Lipinski definition) is 1. The number of hydrogen-bond acceptors (Lipinski definition) is 4. The molecule has 7 heteroatoms. The van der Waals surface area contributed by atoms with Crippen LogP contribution in [0.15, 0.2) is 15.7 Å². The van der Waals surface area contributed by atoms with Crippen LogP contribution in [0.3, 0.4) is 0 Å². The van der Waals surface area contributed by atoms with Crippen LogP contribution in [-0.2, 0) is 18.8 Å². The Bertz CT molecular complexity index is 719. The van der Waals surface area contributed by atoms with Crippen molar-refractivity contribution in [3.8, 4) is 0 Å². The fraction of sp³-hybridized carbons (Fsp3) is 0.300. The molecule has 0 aliphatic carbocycles. The highest BCUT2D eigenvalue weighted by atomic mass is 16.5. The number of esters is 1. The highest BCUT2D eigenvalue weighted by molar-refractivity contribution is 5.93. The average molecular weight is 237 g/mol. The maximum atomic E-state index is 11.8. The number of nitrogens with one attached hydrogen (secondary N) is 1. The second kappa shape index (κ2) is 3.62. The molecule has 0 radical (unpaired) electrons. The highest BCUT2D eigenvalue weighted by Gasteiger charge is 2.15. The van der Waals surface area contributed by atoms with Gasteiger partial charge in [0.2, 0.25) is 0 Å². The molecule has 0 saturated heterocycles. The Kier molecular flexibility index (Phi) is 2.38. The van der Waals surface area contributed by atoms with E-state index < -0.39 is 17.2 Å². The van der Waals surface area contributed by atoms with E-state index in [4.69, 9.17) is 0 Å². The molecule has 0 saturated carbocycles. The van der Waals surface area contributed by atoms with Crippen molar-refractivity contribution in [3.63, 3.8) is 0 Å². The number of ether oxygens (including phenoxy) is 1. The van der Waals surface area contributed by atoms with Gasteiger partial charge in [-0.3, -0.25) is 13.9 Å². The summed E-state index contributed by atoms with van der Waals surface area (Å²) in [6.07, 6.45) is 0. The first kappa shape index (κ1) is 11.2. The number of methoxy groups -OCH3 is 1. The van der Waals surface area contributed by atoms with E-state index in [0.29, 0.717) is 5.65 Å². The van der Waals surface area contributed by atoms with Gasteiger partial charge in [-0.25, -0.2) is 9.59 Å². The number of aromatic amines is 1. The number of aromatic nitrogens is 3. The largest absolute Gasteiger partial charge is 0.464 e. The van der Waals surface area contributed by atoms with E-state index >= 15 is 0 Å². The first-order valence-corrected chi connectivity index (χ1v) is 4.84. The van der Waals surface area contributed by atoms with Crippen LogP contribution in [0.25, 0.3) is 11.0 Å². The van der Waals surface area contributed by atoms with E-state index in [1.807, 2.05) is 0 Å². The van der Waals surface area contributed by atoms with Crippen LogP contribution in [0, 0.1) is 0 Å². The normalized spacial score (nSPS) is 10.8. The second-order valence-electron chi connectivity index (χ2n) is 3.64. The Morgan fingerprint density at radius 1 is 1.29 bits per heavy atom. The summed E-state index contributed by atoms with van der Waals surface area (Å²) in [5, 5.41) is 0.273. The number of carbonyl (C=O) groups excluding carboxylic acids is 1. The van der Waals surface area contributed by atoms with Crippen LogP contribution < -0.4 is 11.2 Å². The number of fused-ring (bicyclic) bond motifs is 1. The zero-order valence-electron chi connectivity index (χ0n) is 9.60. The van der Waals surface area contributed by atoms with Gasteiger partial charge in [0.25, 0.3) is 5.56 Å². The number of H-pyrrole nitrogens is 1. The summed E-state index contributed by atoms with van der Waals surface area (Å²) in [5.41, 5.74) is -0.463. The maximum Gasteiger partial charge on any atom is 0.354 e. The summed E-state index contributed by atoms with van der Waals surface area (Å²) >= 11 is 0. The third-order valence-electron chi connectivity index (χ3n) is 2.65. The summed E-state index contributed by atoms with van der Waals surface area (Å²) in [5.74, 6) is -0.587. The van der Waals surface area contributed by atoms with Crippen LogP contribution in [0.4, 0.5) is 0 Å². The molecule has 0 spiro atoms. The molecule has 0 aliphatic heterocycles. The summed E-state index contributed by atoms with van der Waals surface area (Å²) in [7, 11) is 4.14. The van der Waals surface area contributed by atoms with Crippen molar-refractivity contribution >= 4 is 17.0 Å². The Labute approximate surface area is 95.2 Å². The molecule has 1 N–H and O–H groups in total. The summed E-state index contributed by atoms with van der Waals surface area (Å²) in [4.78, 5) is 37.5. The van der Waals surface area contributed by atoms with E-state index in [2.05, 4.69) is 9.72 Å². The maximum absolute atomic E-state index is 11.8. The smallest absolute Gasteiger partial charge is 0.354 e. The van der Waals surface area contributed by atoms with Gasteiger partial charge in [0, 0.05) is 14.1 Å². The lowest BCUT2D eigenvalue weighted by Gasteiger charge is -2.02. The van der Waals surface area contributed by atoms with Crippen LogP contribution in [-0.4, -0.2) is 27.2 Å². The van der Waals surface area contributed by atoms with Crippen LogP contribution in [0.5, 0.6) is 0 Å². The first-order chi connectivity index (χ1) is 7.97. The topological polar surface area (TPSA) is 86.1 Å². The molecule has 0 fully saturated rings. The second-order valence-corrected chi connectivity index (χ2v) is 3.64. The molecule has 0 bridgehead atoms. The van der Waals surface area contributed by atoms with Gasteiger partial charge in [-0.1, -0.05) is 0 Å². The zero-order valence-corrected chi connectivity index (χ0v) is 9.60. The Morgan fingerprint density at radius 2 is 1.94 bits per heavy atom. The monoisotopic (exact) mass is 237 g/mol. The lowest BCUT2D eigenvalue weighted by atomic mass is 10.3. The summed E-state index contributed by atoms with van der Waals surface area (Å²) < 4.78 is 6.79. The standard InChI is InChI=1S/C10H11N3O4/c1-12-7-5(8(14)13(2)10(12)16)4-6(11-7)9(15)17-3/h4,11H,1-3H3. The van der Waals surface area contributed by atoms with E-state index in [1.54, 1.807) is 0 Å². The Balaban J connectivity index is 2.91. The van der Waals surface area contributed by atoms with Gasteiger partial charge < -0.3 is 9.72 Å². The minimum absolute atomic E-state index is 0.140. The number of rotatable bonds is 1. The van der Waals surface area contributed by atoms with Gasteiger partial charge in [-0.2, -0.15) is 0 Å². The number of aryl methyl sites for hydroxylation is 1. The number of nitrogens with zero attached hydrogens (tertiary/aromatic N) is 2. The quantitative estimate of drug-likeness (QED) is 0.668. The van der Waals surface area contributed by atoms with Gasteiger partial charge in [0.05, 0.1) is 12.5 Å². The molecule has 0 aromatic carbocycles. The van der Waals surface area contributed by atoms with Crippen molar-refractivity contribution in [1.82, 2.24) is 14.1 Å². The fourth-order valence-electron chi connectivity index (χ4n) is 1.68. The third-order valence-corrected chi connectivity index (χ3v) is 2.65. The molecule has 0 amide bonds. The van der Waals surface area contributed by atoms with Crippen molar-refractivity contribution in [2.24, 2.45) is 14.1 Å². The van der Waals surface area contributed by atoms with Crippen molar-refractivity contribution in [2.75, 3.05) is 7.11 Å². The van der Waals surface area contributed by atoms with Gasteiger partial charge in [-0.15, -0.1) is 0 Å². The van der Waals surface area contributed by atoms with Gasteiger partial charge in [0.15, 0.2) is 0 Å². The van der Waals surface area contributed by atoms with E-state index in [9.17, 15) is 14.4 Å². The van der Waals surface area contributed by atoms with Gasteiger partial charge >= 0.3 is 11.7 Å². The van der Waals surface area contributed by atoms with Crippen LogP contribution in [0.2, 0.25) is 0 Å². The lowest BCUT2D eigenvalue weighted by molar-refractivity contribution is 0.0595. The van der Waals surface area contributed by atoms with Gasteiger partial charge in [-0.05, 0) is 6.07 Å². The first-order valence-electron chi connectivity index (χ1n) is 4.84. The van der Waals surface area contributed by atoms with E-state index in [0.717, 1.165) is 4.57 Å². The van der Waals surface area contributed by atoms with Gasteiger partial charge in [0.1, 0.15) is 11.3 Å². The Hall–Kier alpha value is -2.31. The zero-order chi connectivity index (χ0) is 12.7. The molecule has 17 heavy (non-hydrogen) atoms. The summed E-state index contributed by atoms with van der Waals surface area (Å²) in [6.45, 7) is 0. The molecule has 2 aromatic rings. The van der Waals surface area contributed by atoms with E-state index in [-0.39, 0.29) is 11.1 Å². The molecule has 2 heterocycles. The molecular formula is C10H11N3O4. The SMILES string of the molecule is COC(=O)c1cc2c(=O)n(C)c(=O)n(C)c2[nH]1. The minimum atomic E-state index is -0.587. The van der Waals surface area contributed by atoms with Crippen molar-refractivity contribution in [3.05, 3.63) is 32.6 Å². The third kappa shape index (κ3) is 1.47. The number of carbonyl (C=O) groups is 1. The minimum Gasteiger partial charge on any atom is -0.464 e. The van der Waals surface area contributed by atoms with Crippen molar-refractivity contribution in [1.29, 1.82) is 0 Å². The van der Waals surface area contributed by atoms with Crippen molar-refractivity contribution in [2.45, 2.75) is 0 Å². The average Bonchev–Trinajstić information content (AvgIpc) is 2.77. The molecule has 2 aromatic heterocycles. The van der Waals surface area contributed by atoms with E-state index in [1.165, 1.54) is 31.8 Å². The molecular weight excluding hydrogens is 226 g/mol. The highest BCUT2D eigenvalue weighted by Crippen LogP contribution is 2.09. The molecule has 0 unspecified atom stereocenters. The molecule has 7 nitrogen and oxygen atoms in total. The molecule has 0 aliphatic rings. The molecule has 90 valence electrons. The van der Waals surface area contributed by atoms with Crippen LogP contribution >= 0.6 is 0 Å². The Morgan fingerprint density at radius 3 is 2.53 bits per heavy atom. The predicted octanol–water partition coefficient (Wildman–Crippen LogP) is -0.648. The predicted molar refractivity (Wildman–Crippen MR) is 60.1 cm³/mol. The van der Waals surface area contributed by atoms with Crippen molar-refractivity contribution < 1.29 is 9.53 Å². The molecule has 0 atom stereocenters. The summed E-state index contributed by atoms with van der Waals surface area (Å²) in [6, 6.07) is 1.38.